The van der Waals surface area contributed by atoms with Crippen molar-refractivity contribution in [2.45, 2.75) is 6.54 Å². The zero-order valence-corrected chi connectivity index (χ0v) is 11.2. The zero-order chi connectivity index (χ0) is 14.7. The summed E-state index contributed by atoms with van der Waals surface area (Å²) in [6.07, 6.45) is 1.75. The number of nitrogens with one attached hydrogen (secondary N) is 3. The van der Waals surface area contributed by atoms with Gasteiger partial charge in [0.25, 0.3) is 0 Å². The summed E-state index contributed by atoms with van der Waals surface area (Å²) in [5.41, 5.74) is 2.53. The number of benzene rings is 2. The van der Waals surface area contributed by atoms with E-state index >= 15 is 0 Å². The first-order valence-corrected chi connectivity index (χ1v) is 6.58. The molecular formula is C16H14FN3O. The van der Waals surface area contributed by atoms with E-state index in [-0.39, 0.29) is 11.8 Å². The van der Waals surface area contributed by atoms with Crippen LogP contribution in [0.1, 0.15) is 5.56 Å². The number of hydrogen-bond acceptors (Lipinski definition) is 1. The van der Waals surface area contributed by atoms with Gasteiger partial charge in [-0.1, -0.05) is 30.3 Å². The van der Waals surface area contributed by atoms with E-state index in [0.717, 1.165) is 22.2 Å². The number of fused-ring (bicyclic) bond motifs is 1. The van der Waals surface area contributed by atoms with Gasteiger partial charge in [0, 0.05) is 23.6 Å². The van der Waals surface area contributed by atoms with Gasteiger partial charge in [0.2, 0.25) is 0 Å². The van der Waals surface area contributed by atoms with Gasteiger partial charge in [-0.2, -0.15) is 0 Å². The number of urea groups is 1. The molecule has 1 heterocycles. The Morgan fingerprint density at radius 2 is 1.86 bits per heavy atom. The molecule has 21 heavy (non-hydrogen) atoms. The van der Waals surface area contributed by atoms with Crippen LogP contribution in [0.25, 0.3) is 10.9 Å². The first-order chi connectivity index (χ1) is 10.2. The van der Waals surface area contributed by atoms with Crippen molar-refractivity contribution in [3.8, 4) is 0 Å². The van der Waals surface area contributed by atoms with Gasteiger partial charge in [-0.15, -0.1) is 0 Å². The number of anilines is 1. The predicted molar refractivity (Wildman–Crippen MR) is 80.6 cm³/mol. The summed E-state index contributed by atoms with van der Waals surface area (Å²) in [6.45, 7) is 0.342. The molecule has 1 aromatic heterocycles. The summed E-state index contributed by atoms with van der Waals surface area (Å²) in [6, 6.07) is 13.4. The maximum Gasteiger partial charge on any atom is 0.319 e. The second-order valence-corrected chi connectivity index (χ2v) is 4.68. The molecule has 4 nitrogen and oxygen atoms in total. The average molecular weight is 283 g/mol. The van der Waals surface area contributed by atoms with E-state index in [2.05, 4.69) is 15.6 Å². The van der Waals surface area contributed by atoms with Crippen LogP contribution in [0.15, 0.2) is 54.7 Å². The number of halogens is 1. The van der Waals surface area contributed by atoms with Gasteiger partial charge in [-0.05, 0) is 23.8 Å². The number of aromatic amines is 1. The fraction of sp³-hybridized carbons (Fsp3) is 0.0625. The standard InChI is InChI=1S/C16H14FN3O/c17-12-7-5-11(6-8-12)9-19-16(21)20-15-10-18-14-4-2-1-3-13(14)15/h1-8,10,18H,9H2,(H2,19,20,21). The van der Waals surface area contributed by atoms with Crippen LogP contribution < -0.4 is 10.6 Å². The highest BCUT2D eigenvalue weighted by Gasteiger charge is 2.06. The predicted octanol–water partition coefficient (Wildman–Crippen LogP) is 3.63. The van der Waals surface area contributed by atoms with Crippen molar-refractivity contribution in [1.29, 1.82) is 0 Å². The summed E-state index contributed by atoms with van der Waals surface area (Å²) in [5, 5.41) is 6.48. The van der Waals surface area contributed by atoms with E-state index in [0.29, 0.717) is 6.54 Å². The maximum atomic E-state index is 12.8. The minimum absolute atomic E-state index is 0.290. The number of carbonyl (C=O) groups is 1. The highest BCUT2D eigenvalue weighted by Crippen LogP contribution is 2.22. The van der Waals surface area contributed by atoms with Crippen molar-refractivity contribution >= 4 is 22.6 Å². The molecule has 0 radical (unpaired) electrons. The first kappa shape index (κ1) is 13.2. The van der Waals surface area contributed by atoms with Crippen LogP contribution in [0.5, 0.6) is 0 Å². The molecule has 0 fully saturated rings. The third kappa shape index (κ3) is 3.02. The molecular weight excluding hydrogens is 269 g/mol. The molecule has 3 rings (SSSR count). The lowest BCUT2D eigenvalue weighted by atomic mass is 10.2. The van der Waals surface area contributed by atoms with Gasteiger partial charge < -0.3 is 15.6 Å². The number of H-pyrrole nitrogens is 1. The van der Waals surface area contributed by atoms with Crippen molar-refractivity contribution in [1.82, 2.24) is 10.3 Å². The Labute approximate surface area is 121 Å². The Hall–Kier alpha value is -2.82. The fourth-order valence-corrected chi connectivity index (χ4v) is 2.13. The SMILES string of the molecule is O=C(NCc1ccc(F)cc1)Nc1c[nH]c2ccccc12. The van der Waals surface area contributed by atoms with Crippen molar-refractivity contribution < 1.29 is 9.18 Å². The number of para-hydroxylation sites is 1. The molecule has 3 aromatic rings. The average Bonchev–Trinajstić information content (AvgIpc) is 2.90. The summed E-state index contributed by atoms with van der Waals surface area (Å²) < 4.78 is 12.8. The van der Waals surface area contributed by atoms with Crippen LogP contribution in [-0.2, 0) is 6.54 Å². The van der Waals surface area contributed by atoms with E-state index < -0.39 is 0 Å². The smallest absolute Gasteiger partial charge is 0.319 e. The zero-order valence-electron chi connectivity index (χ0n) is 11.2. The minimum Gasteiger partial charge on any atom is -0.359 e. The van der Waals surface area contributed by atoms with Crippen LogP contribution in [0.3, 0.4) is 0 Å². The quantitative estimate of drug-likeness (QED) is 0.675. The topological polar surface area (TPSA) is 56.9 Å². The molecule has 2 amide bonds. The lowest BCUT2D eigenvalue weighted by Crippen LogP contribution is -2.28. The molecule has 106 valence electrons. The molecule has 0 atom stereocenters. The minimum atomic E-state index is -0.302. The van der Waals surface area contributed by atoms with Crippen molar-refractivity contribution in [3.05, 3.63) is 66.1 Å². The van der Waals surface area contributed by atoms with Gasteiger partial charge in [0.15, 0.2) is 0 Å². The molecule has 0 unspecified atom stereocenters. The molecule has 5 heteroatoms. The fourth-order valence-electron chi connectivity index (χ4n) is 2.13. The van der Waals surface area contributed by atoms with Crippen LogP contribution in [0, 0.1) is 5.82 Å². The molecule has 0 aliphatic heterocycles. The van der Waals surface area contributed by atoms with Gasteiger partial charge in [-0.25, -0.2) is 9.18 Å². The van der Waals surface area contributed by atoms with Crippen LogP contribution in [0.2, 0.25) is 0 Å². The molecule has 3 N–H and O–H groups in total. The summed E-state index contributed by atoms with van der Waals surface area (Å²) in [5.74, 6) is -0.290. The first-order valence-electron chi connectivity index (χ1n) is 6.58. The molecule has 0 aliphatic carbocycles. The van der Waals surface area contributed by atoms with E-state index in [1.807, 2.05) is 24.3 Å². The van der Waals surface area contributed by atoms with Crippen molar-refractivity contribution in [2.24, 2.45) is 0 Å². The third-order valence-electron chi connectivity index (χ3n) is 3.20. The van der Waals surface area contributed by atoms with Crippen LogP contribution in [-0.4, -0.2) is 11.0 Å². The van der Waals surface area contributed by atoms with Gasteiger partial charge in [0.05, 0.1) is 5.69 Å². The monoisotopic (exact) mass is 283 g/mol. The van der Waals surface area contributed by atoms with Crippen LogP contribution in [0.4, 0.5) is 14.9 Å². The van der Waals surface area contributed by atoms with E-state index in [1.54, 1.807) is 18.3 Å². The normalized spacial score (nSPS) is 10.5. The van der Waals surface area contributed by atoms with Gasteiger partial charge >= 0.3 is 6.03 Å². The Morgan fingerprint density at radius 3 is 2.67 bits per heavy atom. The second-order valence-electron chi connectivity index (χ2n) is 4.68. The third-order valence-corrected chi connectivity index (χ3v) is 3.20. The Kier molecular flexibility index (Phi) is 3.55. The Balaban J connectivity index is 1.62. The molecule has 0 saturated heterocycles. The summed E-state index contributed by atoms with van der Waals surface area (Å²) >= 11 is 0. The number of carbonyl (C=O) groups excluding carboxylic acids is 1. The molecule has 2 aromatic carbocycles. The van der Waals surface area contributed by atoms with E-state index in [1.165, 1.54) is 12.1 Å². The van der Waals surface area contributed by atoms with Crippen molar-refractivity contribution in [3.63, 3.8) is 0 Å². The number of amides is 2. The largest absolute Gasteiger partial charge is 0.359 e. The summed E-state index contributed by atoms with van der Waals surface area (Å²) in [7, 11) is 0. The van der Waals surface area contributed by atoms with E-state index in [4.69, 9.17) is 0 Å². The summed E-state index contributed by atoms with van der Waals surface area (Å²) in [4.78, 5) is 15.0. The Bertz CT molecular complexity index is 765. The second kappa shape index (κ2) is 5.66. The number of hydrogen-bond donors (Lipinski definition) is 3. The number of aromatic nitrogens is 1. The molecule has 0 aliphatic rings. The van der Waals surface area contributed by atoms with E-state index in [9.17, 15) is 9.18 Å². The highest BCUT2D eigenvalue weighted by molar-refractivity contribution is 6.00. The molecule has 0 saturated carbocycles. The Morgan fingerprint density at radius 1 is 1.10 bits per heavy atom. The van der Waals surface area contributed by atoms with Crippen LogP contribution >= 0.6 is 0 Å². The number of rotatable bonds is 3. The van der Waals surface area contributed by atoms with Gasteiger partial charge in [0.1, 0.15) is 5.82 Å². The highest BCUT2D eigenvalue weighted by atomic mass is 19.1. The van der Waals surface area contributed by atoms with Gasteiger partial charge in [-0.3, -0.25) is 0 Å². The molecule has 0 bridgehead atoms. The van der Waals surface area contributed by atoms with Crippen molar-refractivity contribution in [2.75, 3.05) is 5.32 Å². The maximum absolute atomic E-state index is 12.8. The lowest BCUT2D eigenvalue weighted by molar-refractivity contribution is 0.252. The molecule has 0 spiro atoms. The lowest BCUT2D eigenvalue weighted by Gasteiger charge is -2.07.